The van der Waals surface area contributed by atoms with Crippen LogP contribution in [0, 0.1) is 0 Å². The molecule has 0 spiro atoms. The molecule has 1 unspecified atom stereocenters. The van der Waals surface area contributed by atoms with E-state index in [9.17, 15) is 4.79 Å². The quantitative estimate of drug-likeness (QED) is 0.733. The van der Waals surface area contributed by atoms with Gasteiger partial charge in [-0.3, -0.25) is 4.79 Å². The second-order valence-corrected chi connectivity index (χ2v) is 3.45. The molecule has 1 heterocycles. The number of aromatic nitrogens is 1. The minimum atomic E-state index is -0.752. The van der Waals surface area contributed by atoms with Gasteiger partial charge in [0.05, 0.1) is 23.2 Å². The van der Waals surface area contributed by atoms with Gasteiger partial charge in [0.15, 0.2) is 5.78 Å². The molecule has 0 aliphatic carbocycles. The highest BCUT2D eigenvalue weighted by Crippen LogP contribution is 2.16. The summed E-state index contributed by atoms with van der Waals surface area (Å²) in [5, 5.41) is 0.345. The van der Waals surface area contributed by atoms with Gasteiger partial charge < -0.3 is 16.2 Å². The third-order valence-electron chi connectivity index (χ3n) is 1.83. The normalized spacial score (nSPS) is 12.5. The molecule has 4 N–H and O–H groups in total. The Bertz CT molecular complexity index is 370. The molecule has 0 aromatic carbocycles. The molecule has 1 atom stereocenters. The summed E-state index contributed by atoms with van der Waals surface area (Å²) in [6, 6.07) is 0.694. The number of pyridine rings is 1. The minimum Gasteiger partial charge on any atom is -0.383 e. The molecular weight excluding hydrogens is 218 g/mol. The van der Waals surface area contributed by atoms with Gasteiger partial charge in [-0.2, -0.15) is 0 Å². The van der Waals surface area contributed by atoms with E-state index < -0.39 is 6.04 Å². The van der Waals surface area contributed by atoms with Crippen LogP contribution in [0.4, 0.5) is 5.82 Å². The van der Waals surface area contributed by atoms with E-state index in [-0.39, 0.29) is 23.8 Å². The third-order valence-corrected chi connectivity index (χ3v) is 2.04. The van der Waals surface area contributed by atoms with E-state index in [1.165, 1.54) is 19.4 Å². The van der Waals surface area contributed by atoms with Gasteiger partial charge in [0.2, 0.25) is 0 Å². The van der Waals surface area contributed by atoms with Crippen molar-refractivity contribution in [3.8, 4) is 0 Å². The first-order chi connectivity index (χ1) is 7.06. The molecule has 0 fully saturated rings. The van der Waals surface area contributed by atoms with Gasteiger partial charge in [0, 0.05) is 13.3 Å². The fourth-order valence-corrected chi connectivity index (χ4v) is 1.26. The first-order valence-corrected chi connectivity index (χ1v) is 4.63. The van der Waals surface area contributed by atoms with Gasteiger partial charge in [-0.1, -0.05) is 11.6 Å². The van der Waals surface area contributed by atoms with Crippen molar-refractivity contribution < 1.29 is 9.53 Å². The number of Topliss-reactive ketones (excluding diaryl/α,β-unsaturated/α-hetero) is 1. The number of carbonyl (C=O) groups is 1. The Morgan fingerprint density at radius 3 is 3.00 bits per heavy atom. The summed E-state index contributed by atoms with van der Waals surface area (Å²) in [5.41, 5.74) is 11.3. The van der Waals surface area contributed by atoms with Gasteiger partial charge in [0.1, 0.15) is 5.82 Å². The smallest absolute Gasteiger partial charge is 0.185 e. The van der Waals surface area contributed by atoms with Gasteiger partial charge in [0.25, 0.3) is 0 Å². The topological polar surface area (TPSA) is 91.2 Å². The molecule has 0 amide bonds. The summed E-state index contributed by atoms with van der Waals surface area (Å²) in [5.74, 6) is -0.208. The zero-order chi connectivity index (χ0) is 11.4. The lowest BCUT2D eigenvalue weighted by Gasteiger charge is -2.10. The van der Waals surface area contributed by atoms with Crippen LogP contribution in [0.25, 0.3) is 0 Å². The van der Waals surface area contributed by atoms with Crippen LogP contribution in [0.3, 0.4) is 0 Å². The van der Waals surface area contributed by atoms with Crippen LogP contribution in [0.1, 0.15) is 10.4 Å². The maximum atomic E-state index is 11.7. The van der Waals surface area contributed by atoms with Gasteiger partial charge in [-0.25, -0.2) is 4.98 Å². The maximum absolute atomic E-state index is 11.7. The molecule has 15 heavy (non-hydrogen) atoms. The number of nitrogens with zero attached hydrogens (tertiary/aromatic N) is 1. The average molecular weight is 230 g/mol. The largest absolute Gasteiger partial charge is 0.383 e. The summed E-state index contributed by atoms with van der Waals surface area (Å²) < 4.78 is 4.78. The number of hydrogen-bond donors (Lipinski definition) is 2. The first-order valence-electron chi connectivity index (χ1n) is 4.26. The number of hydrogen-bond acceptors (Lipinski definition) is 5. The number of nitrogen functional groups attached to an aromatic ring is 1. The second kappa shape index (κ2) is 5.06. The molecule has 0 radical (unpaired) electrons. The zero-order valence-electron chi connectivity index (χ0n) is 8.24. The number of nitrogens with two attached hydrogens (primary N) is 2. The molecule has 1 aromatic heterocycles. The molecule has 1 aromatic rings. The number of rotatable bonds is 4. The molecule has 0 aliphatic rings. The average Bonchev–Trinajstić information content (AvgIpc) is 2.21. The fraction of sp³-hybridized carbons (Fsp3) is 0.333. The Morgan fingerprint density at radius 2 is 2.40 bits per heavy atom. The van der Waals surface area contributed by atoms with Crippen molar-refractivity contribution >= 4 is 23.2 Å². The first kappa shape index (κ1) is 11.9. The number of halogens is 1. The maximum Gasteiger partial charge on any atom is 0.185 e. The summed E-state index contributed by atoms with van der Waals surface area (Å²) in [7, 11) is 1.46. The molecule has 6 heteroatoms. The fourth-order valence-electron chi connectivity index (χ4n) is 1.10. The van der Waals surface area contributed by atoms with Crippen LogP contribution < -0.4 is 11.5 Å². The standard InChI is InChI=1S/C9H12ClN3O2/c1-15-4-7(11)8(14)6-2-5(10)3-13-9(6)12/h2-3,7H,4,11H2,1H3,(H2,12,13). The highest BCUT2D eigenvalue weighted by atomic mass is 35.5. The third kappa shape index (κ3) is 2.89. The number of ether oxygens (including phenoxy) is 1. The zero-order valence-corrected chi connectivity index (χ0v) is 8.99. The van der Waals surface area contributed by atoms with E-state index in [2.05, 4.69) is 4.98 Å². The lowest BCUT2D eigenvalue weighted by molar-refractivity contribution is 0.0893. The van der Waals surface area contributed by atoms with Crippen molar-refractivity contribution in [3.63, 3.8) is 0 Å². The Balaban J connectivity index is 2.95. The van der Waals surface area contributed by atoms with Crippen LogP contribution in [0.15, 0.2) is 12.3 Å². The van der Waals surface area contributed by atoms with E-state index in [1.54, 1.807) is 0 Å². The van der Waals surface area contributed by atoms with E-state index in [0.29, 0.717) is 5.02 Å². The highest BCUT2D eigenvalue weighted by Gasteiger charge is 2.18. The van der Waals surface area contributed by atoms with Crippen molar-refractivity contribution in [1.29, 1.82) is 0 Å². The molecule has 1 rings (SSSR count). The van der Waals surface area contributed by atoms with Crippen LogP contribution in [-0.4, -0.2) is 30.5 Å². The molecule has 5 nitrogen and oxygen atoms in total. The minimum absolute atomic E-state index is 0.121. The van der Waals surface area contributed by atoms with Crippen molar-refractivity contribution in [1.82, 2.24) is 4.98 Å². The summed E-state index contributed by atoms with van der Waals surface area (Å²) in [4.78, 5) is 15.5. The Morgan fingerprint density at radius 1 is 1.73 bits per heavy atom. The Kier molecular flexibility index (Phi) is 4.02. The van der Waals surface area contributed by atoms with E-state index in [0.717, 1.165) is 0 Å². The van der Waals surface area contributed by atoms with Crippen LogP contribution >= 0.6 is 11.6 Å². The molecule has 0 aliphatic heterocycles. The lowest BCUT2D eigenvalue weighted by atomic mass is 10.1. The van der Waals surface area contributed by atoms with Crippen molar-refractivity contribution in [2.75, 3.05) is 19.5 Å². The number of carbonyl (C=O) groups excluding carboxylic acids is 1. The molecule has 0 saturated heterocycles. The summed E-state index contributed by atoms with van der Waals surface area (Å²) in [6.45, 7) is 0.130. The molecule has 0 bridgehead atoms. The van der Waals surface area contributed by atoms with Crippen molar-refractivity contribution in [3.05, 3.63) is 22.8 Å². The van der Waals surface area contributed by atoms with Crippen molar-refractivity contribution in [2.24, 2.45) is 5.73 Å². The van der Waals surface area contributed by atoms with Crippen LogP contribution in [0.5, 0.6) is 0 Å². The molecule has 82 valence electrons. The Labute approximate surface area is 92.4 Å². The number of ketones is 1. The van der Waals surface area contributed by atoms with Crippen molar-refractivity contribution in [2.45, 2.75) is 6.04 Å². The number of methoxy groups -OCH3 is 1. The molecular formula is C9H12ClN3O2. The van der Waals surface area contributed by atoms with E-state index >= 15 is 0 Å². The predicted molar refractivity (Wildman–Crippen MR) is 57.8 cm³/mol. The number of anilines is 1. The van der Waals surface area contributed by atoms with Gasteiger partial charge in [-0.15, -0.1) is 0 Å². The SMILES string of the molecule is COCC(N)C(=O)c1cc(Cl)cnc1N. The monoisotopic (exact) mass is 229 g/mol. The summed E-state index contributed by atoms with van der Waals surface area (Å²) >= 11 is 5.70. The van der Waals surface area contributed by atoms with Gasteiger partial charge in [-0.05, 0) is 6.07 Å². The lowest BCUT2D eigenvalue weighted by Crippen LogP contribution is -2.35. The molecule has 0 saturated carbocycles. The predicted octanol–water partition coefficient (Wildman–Crippen LogP) is 0.474. The van der Waals surface area contributed by atoms with E-state index in [4.69, 9.17) is 27.8 Å². The van der Waals surface area contributed by atoms with Gasteiger partial charge >= 0.3 is 0 Å². The second-order valence-electron chi connectivity index (χ2n) is 3.01. The summed E-state index contributed by atoms with van der Waals surface area (Å²) in [6.07, 6.45) is 1.37. The Hall–Kier alpha value is -1.17. The van der Waals surface area contributed by atoms with E-state index in [1.807, 2.05) is 0 Å². The highest BCUT2D eigenvalue weighted by molar-refractivity contribution is 6.31. The van der Waals surface area contributed by atoms with Crippen LogP contribution in [0.2, 0.25) is 5.02 Å². The van der Waals surface area contributed by atoms with Crippen LogP contribution in [-0.2, 0) is 4.74 Å².